The molecule has 1 rings (SSSR count). The number of nitrogens with one attached hydrogen (secondary N) is 2. The van der Waals surface area contributed by atoms with Crippen molar-refractivity contribution in [3.05, 3.63) is 21.9 Å². The predicted molar refractivity (Wildman–Crippen MR) is 64.6 cm³/mol. The van der Waals surface area contributed by atoms with Gasteiger partial charge in [-0.15, -0.1) is 0 Å². The minimum atomic E-state index is -1.24. The van der Waals surface area contributed by atoms with Crippen LogP contribution in [0.4, 0.5) is 5.82 Å². The van der Waals surface area contributed by atoms with Crippen molar-refractivity contribution in [2.45, 2.75) is 6.92 Å². The van der Waals surface area contributed by atoms with E-state index in [2.05, 4.69) is 25.5 Å². The zero-order chi connectivity index (χ0) is 15.1. The molecule has 0 spiro atoms. The van der Waals surface area contributed by atoms with Crippen LogP contribution in [0.15, 0.2) is 11.3 Å². The van der Waals surface area contributed by atoms with Gasteiger partial charge < -0.3 is 19.6 Å². The molecule has 0 aromatic carbocycles. The Hall–Kier alpha value is -2.98. The molecule has 0 atom stereocenters. The van der Waals surface area contributed by atoms with E-state index in [4.69, 9.17) is 4.74 Å². The summed E-state index contributed by atoms with van der Waals surface area (Å²) in [5.41, 5.74) is 2.14. The summed E-state index contributed by atoms with van der Waals surface area (Å²) >= 11 is 0. The molecule has 0 radical (unpaired) electrons. The molecule has 1 aromatic rings. The fourth-order valence-electron chi connectivity index (χ4n) is 1.10. The highest BCUT2D eigenvalue weighted by Crippen LogP contribution is 2.12. The summed E-state index contributed by atoms with van der Waals surface area (Å²) in [6.07, 6.45) is 1.15. The van der Waals surface area contributed by atoms with Crippen molar-refractivity contribution in [2.24, 2.45) is 5.10 Å². The molecule has 1 aromatic heterocycles. The number of carbonyl (C=O) groups excluding carboxylic acids is 2. The molecule has 0 bridgehead atoms. The van der Waals surface area contributed by atoms with Crippen LogP contribution in [0, 0.1) is 10.1 Å². The fraction of sp³-hybridized carbons (Fsp3) is 0.333. The third kappa shape index (κ3) is 3.51. The topological polar surface area (TPSA) is 149 Å². The minimum Gasteiger partial charge on any atom is -0.462 e. The van der Waals surface area contributed by atoms with Gasteiger partial charge in [0.1, 0.15) is 5.56 Å². The Labute approximate surface area is 112 Å². The largest absolute Gasteiger partial charge is 0.473 e. The number of hydrogen-bond acceptors (Lipinski definition) is 9. The number of methoxy groups -OCH3 is 1. The second kappa shape index (κ2) is 6.82. The van der Waals surface area contributed by atoms with Crippen LogP contribution in [0.3, 0.4) is 0 Å². The second-order valence-corrected chi connectivity index (χ2v) is 3.18. The number of nitrogens with zero attached hydrogens (tertiary/aromatic N) is 3. The maximum Gasteiger partial charge on any atom is 0.473 e. The monoisotopic (exact) mass is 285 g/mol. The van der Waals surface area contributed by atoms with Gasteiger partial charge in [0, 0.05) is 0 Å². The Morgan fingerprint density at radius 3 is 2.85 bits per heavy atom. The molecule has 0 amide bonds. The summed E-state index contributed by atoms with van der Waals surface area (Å²) in [7, 11) is 0.974. The van der Waals surface area contributed by atoms with Crippen LogP contribution in [0.5, 0.6) is 0 Å². The number of rotatable bonds is 4. The number of esters is 2. The van der Waals surface area contributed by atoms with E-state index in [0.29, 0.717) is 0 Å². The smallest absolute Gasteiger partial charge is 0.462 e. The van der Waals surface area contributed by atoms with Gasteiger partial charge in [0.15, 0.2) is 5.82 Å². The first kappa shape index (κ1) is 15.1. The predicted octanol–water partition coefficient (Wildman–Crippen LogP) is -0.238. The minimum absolute atomic E-state index is 0.0110. The molecule has 1 heterocycles. The van der Waals surface area contributed by atoms with Crippen LogP contribution < -0.4 is 5.43 Å². The van der Waals surface area contributed by atoms with Crippen molar-refractivity contribution in [1.82, 2.24) is 10.2 Å². The maximum atomic E-state index is 11.5. The van der Waals surface area contributed by atoms with Crippen LogP contribution in [0.25, 0.3) is 0 Å². The van der Waals surface area contributed by atoms with Crippen molar-refractivity contribution in [3.63, 3.8) is 0 Å². The van der Waals surface area contributed by atoms with Crippen LogP contribution in [-0.2, 0) is 14.3 Å². The second-order valence-electron chi connectivity index (χ2n) is 3.18. The Morgan fingerprint density at radius 1 is 1.60 bits per heavy atom. The van der Waals surface area contributed by atoms with Gasteiger partial charge in [0.25, 0.3) is 0 Å². The van der Waals surface area contributed by atoms with Gasteiger partial charge in [-0.2, -0.15) is 10.5 Å². The highest BCUT2D eigenvalue weighted by atomic mass is 16.6. The quantitative estimate of drug-likeness (QED) is 0.253. The van der Waals surface area contributed by atoms with Gasteiger partial charge in [0.05, 0.1) is 25.0 Å². The first-order valence-corrected chi connectivity index (χ1v) is 5.28. The van der Waals surface area contributed by atoms with Gasteiger partial charge in [-0.1, -0.05) is 0 Å². The zero-order valence-corrected chi connectivity index (χ0v) is 10.6. The molecule has 0 aliphatic heterocycles. The summed E-state index contributed by atoms with van der Waals surface area (Å²) in [5.74, 6) is -3.05. The maximum absolute atomic E-state index is 11.5. The van der Waals surface area contributed by atoms with Crippen molar-refractivity contribution < 1.29 is 24.0 Å². The van der Waals surface area contributed by atoms with E-state index in [1.807, 2.05) is 0 Å². The summed E-state index contributed by atoms with van der Waals surface area (Å²) in [6.45, 7) is 1.76. The third-order valence-corrected chi connectivity index (χ3v) is 1.95. The van der Waals surface area contributed by atoms with E-state index in [0.717, 1.165) is 13.3 Å². The van der Waals surface area contributed by atoms with E-state index >= 15 is 0 Å². The van der Waals surface area contributed by atoms with Gasteiger partial charge in [-0.3, -0.25) is 5.10 Å². The molecule has 0 fully saturated rings. The van der Waals surface area contributed by atoms with Crippen molar-refractivity contribution in [2.75, 3.05) is 19.1 Å². The van der Waals surface area contributed by atoms with Crippen molar-refractivity contribution in [1.29, 1.82) is 0 Å². The summed E-state index contributed by atoms with van der Waals surface area (Å²) in [5, 5.41) is 19.8. The lowest BCUT2D eigenvalue weighted by Crippen LogP contribution is -2.25. The van der Waals surface area contributed by atoms with Gasteiger partial charge in [-0.25, -0.2) is 9.59 Å². The van der Waals surface area contributed by atoms with E-state index in [9.17, 15) is 19.7 Å². The number of hydrazone groups is 1. The molecule has 11 nitrogen and oxygen atoms in total. The number of carbonyl (C=O) groups is 2. The van der Waals surface area contributed by atoms with E-state index in [1.165, 1.54) is 0 Å². The van der Waals surface area contributed by atoms with Gasteiger partial charge >= 0.3 is 17.8 Å². The summed E-state index contributed by atoms with van der Waals surface area (Å²) in [6, 6.07) is 0. The third-order valence-electron chi connectivity index (χ3n) is 1.95. The summed E-state index contributed by atoms with van der Waals surface area (Å²) in [4.78, 5) is 32.1. The van der Waals surface area contributed by atoms with Crippen LogP contribution in [0.1, 0.15) is 17.3 Å². The number of aromatic amines is 1. The molecular weight excluding hydrogens is 274 g/mol. The lowest BCUT2D eigenvalue weighted by atomic mass is 10.3. The lowest BCUT2D eigenvalue weighted by molar-refractivity contribution is -0.350. The van der Waals surface area contributed by atoms with Crippen LogP contribution >= 0.6 is 0 Å². The number of aromatic nitrogens is 2. The molecule has 0 aliphatic carbocycles. The summed E-state index contributed by atoms with van der Waals surface area (Å²) < 4.78 is 8.93. The van der Waals surface area contributed by atoms with Crippen LogP contribution in [-0.4, -0.2) is 46.6 Å². The van der Waals surface area contributed by atoms with Crippen molar-refractivity contribution >= 4 is 23.6 Å². The van der Waals surface area contributed by atoms with Crippen molar-refractivity contribution in [3.8, 4) is 0 Å². The molecule has 0 saturated heterocycles. The lowest BCUT2D eigenvalue weighted by Gasteiger charge is -2.00. The zero-order valence-electron chi connectivity index (χ0n) is 10.6. The van der Waals surface area contributed by atoms with E-state index < -0.39 is 22.7 Å². The average molecular weight is 285 g/mol. The van der Waals surface area contributed by atoms with Gasteiger partial charge in [0.2, 0.25) is 0 Å². The van der Waals surface area contributed by atoms with Gasteiger partial charge in [-0.05, 0) is 11.8 Å². The molecule has 0 unspecified atom stereocenters. The first-order valence-electron chi connectivity index (χ1n) is 5.28. The Bertz CT molecular complexity index is 551. The highest BCUT2D eigenvalue weighted by molar-refractivity contribution is 6.31. The molecular formula is C9H11N5O6. The number of ether oxygens (including phenoxy) is 2. The average Bonchev–Trinajstić information content (AvgIpc) is 2.87. The number of amidine groups is 1. The molecule has 2 N–H and O–H groups in total. The molecule has 0 aliphatic rings. The molecule has 108 valence electrons. The molecule has 20 heavy (non-hydrogen) atoms. The number of H-pyrrole nitrogens is 1. The Kier molecular flexibility index (Phi) is 5.14. The SMILES string of the molecule is CCOC(=O)c1cn[nH]c1N/N=C(\C(=O)OC)[N+](=O)[O-]. The Balaban J connectivity index is 2.93. The number of hydrogen-bond donors (Lipinski definition) is 2. The van der Waals surface area contributed by atoms with E-state index in [-0.39, 0.29) is 18.0 Å². The normalized spacial score (nSPS) is 10.8. The Morgan fingerprint density at radius 2 is 2.30 bits per heavy atom. The molecule has 0 saturated carbocycles. The van der Waals surface area contributed by atoms with E-state index in [1.54, 1.807) is 6.92 Å². The standard InChI is InChI=1S/C9H11N5O6/c1-3-20-8(15)5-4-10-11-6(5)12-13-7(14(17)18)9(16)19-2/h4H,3H2,1-2H3,(H2,10,11,12)/b13-7+. The first-order chi connectivity index (χ1) is 9.51. The molecule has 11 heteroatoms. The van der Waals surface area contributed by atoms with Crippen LogP contribution in [0.2, 0.25) is 0 Å². The number of nitro groups is 1. The number of anilines is 1. The highest BCUT2D eigenvalue weighted by Gasteiger charge is 2.26. The fourth-order valence-corrected chi connectivity index (χ4v) is 1.10.